The number of halogens is 4. The highest BCUT2D eigenvalue weighted by Gasteiger charge is 2.61. The Balaban J connectivity index is 2.19. The lowest BCUT2D eigenvalue weighted by Gasteiger charge is -2.31. The van der Waals surface area contributed by atoms with Gasteiger partial charge >= 0.3 is 6.18 Å². The molecule has 1 aliphatic heterocycles. The SMILES string of the molecule is CC(NC(=O)C1(C(F)(F)F)CCNC1)c1ccccc1Cl. The quantitative estimate of drug-likeness (QED) is 0.898. The maximum atomic E-state index is 13.3. The summed E-state index contributed by atoms with van der Waals surface area (Å²) in [5.74, 6) is -1.01. The maximum Gasteiger partial charge on any atom is 0.404 e. The summed E-state index contributed by atoms with van der Waals surface area (Å²) in [5, 5.41) is 5.47. The fraction of sp³-hybridized carbons (Fsp3) is 0.500. The molecule has 7 heteroatoms. The molecule has 0 radical (unpaired) electrons. The molecule has 1 aromatic rings. The molecule has 116 valence electrons. The number of hydrogen-bond acceptors (Lipinski definition) is 2. The first kappa shape index (κ1) is 16.1. The summed E-state index contributed by atoms with van der Waals surface area (Å²) in [6.07, 6.45) is -4.83. The smallest absolute Gasteiger partial charge is 0.349 e. The first-order valence-corrected chi connectivity index (χ1v) is 6.98. The zero-order valence-corrected chi connectivity index (χ0v) is 12.2. The van der Waals surface area contributed by atoms with Crippen molar-refractivity contribution in [1.29, 1.82) is 0 Å². The van der Waals surface area contributed by atoms with Crippen molar-refractivity contribution in [3.05, 3.63) is 34.9 Å². The van der Waals surface area contributed by atoms with Crippen molar-refractivity contribution in [2.75, 3.05) is 13.1 Å². The molecule has 1 saturated heterocycles. The van der Waals surface area contributed by atoms with Crippen LogP contribution >= 0.6 is 11.6 Å². The Morgan fingerprint density at radius 3 is 2.62 bits per heavy atom. The fourth-order valence-corrected chi connectivity index (χ4v) is 2.79. The highest BCUT2D eigenvalue weighted by molar-refractivity contribution is 6.31. The molecule has 0 aromatic heterocycles. The van der Waals surface area contributed by atoms with Crippen molar-refractivity contribution in [2.24, 2.45) is 5.41 Å². The summed E-state index contributed by atoms with van der Waals surface area (Å²) in [4.78, 5) is 12.2. The summed E-state index contributed by atoms with van der Waals surface area (Å²) in [7, 11) is 0. The van der Waals surface area contributed by atoms with Gasteiger partial charge in [0.05, 0.1) is 6.04 Å². The minimum Gasteiger partial charge on any atom is -0.349 e. The van der Waals surface area contributed by atoms with Crippen LogP contribution in [0.5, 0.6) is 0 Å². The van der Waals surface area contributed by atoms with E-state index in [2.05, 4.69) is 10.6 Å². The highest BCUT2D eigenvalue weighted by Crippen LogP contribution is 2.43. The lowest BCUT2D eigenvalue weighted by molar-refractivity contribution is -0.216. The zero-order valence-electron chi connectivity index (χ0n) is 11.4. The van der Waals surface area contributed by atoms with Crippen molar-refractivity contribution in [2.45, 2.75) is 25.6 Å². The Bertz CT molecular complexity index is 527. The molecule has 0 aliphatic carbocycles. The maximum absolute atomic E-state index is 13.3. The second-order valence-electron chi connectivity index (χ2n) is 5.22. The van der Waals surface area contributed by atoms with E-state index < -0.39 is 30.1 Å². The van der Waals surface area contributed by atoms with Crippen molar-refractivity contribution in [1.82, 2.24) is 10.6 Å². The van der Waals surface area contributed by atoms with Gasteiger partial charge in [0.15, 0.2) is 5.41 Å². The molecule has 3 nitrogen and oxygen atoms in total. The summed E-state index contributed by atoms with van der Waals surface area (Å²) in [5.41, 5.74) is -1.77. The van der Waals surface area contributed by atoms with E-state index in [4.69, 9.17) is 11.6 Å². The Morgan fingerprint density at radius 2 is 2.10 bits per heavy atom. The van der Waals surface area contributed by atoms with Gasteiger partial charge in [0.25, 0.3) is 0 Å². The van der Waals surface area contributed by atoms with Crippen LogP contribution < -0.4 is 10.6 Å². The molecule has 0 spiro atoms. The van der Waals surface area contributed by atoms with E-state index in [0.717, 1.165) is 0 Å². The number of carbonyl (C=O) groups excluding carboxylic acids is 1. The molecule has 1 aliphatic rings. The Labute approximate surface area is 125 Å². The van der Waals surface area contributed by atoms with Crippen molar-refractivity contribution < 1.29 is 18.0 Å². The van der Waals surface area contributed by atoms with Gasteiger partial charge in [0.2, 0.25) is 5.91 Å². The summed E-state index contributed by atoms with van der Waals surface area (Å²) in [6, 6.07) is 6.17. The lowest BCUT2D eigenvalue weighted by Crippen LogP contribution is -2.52. The van der Waals surface area contributed by atoms with Crippen LogP contribution in [0, 0.1) is 5.41 Å². The third-order valence-electron chi connectivity index (χ3n) is 3.85. The van der Waals surface area contributed by atoms with Crippen LogP contribution in [0.1, 0.15) is 24.9 Å². The molecule has 1 amide bonds. The van der Waals surface area contributed by atoms with Crippen molar-refractivity contribution in [3.63, 3.8) is 0 Å². The molecule has 1 heterocycles. The Hall–Kier alpha value is -1.27. The molecule has 2 N–H and O–H groups in total. The lowest BCUT2D eigenvalue weighted by atomic mass is 9.84. The zero-order chi connectivity index (χ0) is 15.7. The van der Waals surface area contributed by atoms with E-state index in [0.29, 0.717) is 10.6 Å². The standard InChI is InChI=1S/C14H16ClF3N2O/c1-9(10-4-2-3-5-11(10)15)20-12(21)13(14(16,17)18)6-7-19-8-13/h2-5,9,19H,6-8H2,1H3,(H,20,21). The molecule has 1 fully saturated rings. The third kappa shape index (κ3) is 3.01. The van der Waals surface area contributed by atoms with Crippen LogP contribution in [0.3, 0.4) is 0 Å². The minimum absolute atomic E-state index is 0.174. The first-order chi connectivity index (χ1) is 9.78. The highest BCUT2D eigenvalue weighted by atomic mass is 35.5. The summed E-state index contributed by atoms with van der Waals surface area (Å²) in [6.45, 7) is 1.40. The normalized spacial score (nSPS) is 23.9. The first-order valence-electron chi connectivity index (χ1n) is 6.61. The van der Waals surface area contributed by atoms with Crippen molar-refractivity contribution >= 4 is 17.5 Å². The van der Waals surface area contributed by atoms with Gasteiger partial charge in [0.1, 0.15) is 0 Å². The molecule has 0 saturated carbocycles. The van der Waals surface area contributed by atoms with Gasteiger partial charge in [-0.3, -0.25) is 4.79 Å². The second kappa shape index (κ2) is 5.85. The van der Waals surface area contributed by atoms with Crippen LogP contribution in [-0.4, -0.2) is 25.2 Å². The second-order valence-corrected chi connectivity index (χ2v) is 5.63. The van der Waals surface area contributed by atoms with Gasteiger partial charge in [-0.25, -0.2) is 0 Å². The van der Waals surface area contributed by atoms with Gasteiger partial charge < -0.3 is 10.6 Å². The van der Waals surface area contributed by atoms with Gasteiger partial charge in [-0.15, -0.1) is 0 Å². The Morgan fingerprint density at radius 1 is 1.43 bits per heavy atom. The molecule has 0 bridgehead atoms. The average Bonchev–Trinajstić information content (AvgIpc) is 2.89. The molecule has 2 unspecified atom stereocenters. The van der Waals surface area contributed by atoms with E-state index in [1.165, 1.54) is 0 Å². The Kier molecular flexibility index (Phi) is 4.49. The number of carbonyl (C=O) groups is 1. The third-order valence-corrected chi connectivity index (χ3v) is 4.20. The van der Waals surface area contributed by atoms with Crippen LogP contribution in [0.25, 0.3) is 0 Å². The van der Waals surface area contributed by atoms with E-state index in [-0.39, 0.29) is 13.0 Å². The molecular weight excluding hydrogens is 305 g/mol. The van der Waals surface area contributed by atoms with Crippen LogP contribution in [-0.2, 0) is 4.79 Å². The predicted octanol–water partition coefficient (Wildman–Crippen LogP) is 3.06. The van der Waals surface area contributed by atoms with Crippen LogP contribution in [0.4, 0.5) is 13.2 Å². The predicted molar refractivity (Wildman–Crippen MR) is 74.0 cm³/mol. The van der Waals surface area contributed by atoms with Crippen molar-refractivity contribution in [3.8, 4) is 0 Å². The van der Waals surface area contributed by atoms with Gasteiger partial charge in [-0.2, -0.15) is 13.2 Å². The summed E-state index contributed by atoms with van der Waals surface area (Å²) < 4.78 is 39.8. The molecule has 2 atom stereocenters. The van der Waals surface area contributed by atoms with E-state index in [9.17, 15) is 18.0 Å². The summed E-state index contributed by atoms with van der Waals surface area (Å²) >= 11 is 6.00. The fourth-order valence-electron chi connectivity index (χ4n) is 2.50. The van der Waals surface area contributed by atoms with Crippen LogP contribution in [0.2, 0.25) is 5.02 Å². The van der Waals surface area contributed by atoms with Gasteiger partial charge in [0, 0.05) is 11.6 Å². The largest absolute Gasteiger partial charge is 0.404 e. The number of benzene rings is 1. The van der Waals surface area contributed by atoms with E-state index in [1.54, 1.807) is 31.2 Å². The molecule has 2 rings (SSSR count). The number of alkyl halides is 3. The average molecular weight is 321 g/mol. The molecular formula is C14H16ClF3N2O. The number of hydrogen-bond donors (Lipinski definition) is 2. The van der Waals surface area contributed by atoms with Crippen LogP contribution in [0.15, 0.2) is 24.3 Å². The minimum atomic E-state index is -4.58. The molecule has 1 aromatic carbocycles. The van der Waals surface area contributed by atoms with E-state index in [1.807, 2.05) is 0 Å². The number of rotatable bonds is 3. The molecule has 21 heavy (non-hydrogen) atoms. The number of amides is 1. The topological polar surface area (TPSA) is 41.1 Å². The monoisotopic (exact) mass is 320 g/mol. The number of nitrogens with one attached hydrogen (secondary N) is 2. The van der Waals surface area contributed by atoms with Gasteiger partial charge in [-0.05, 0) is 31.5 Å². The van der Waals surface area contributed by atoms with Gasteiger partial charge in [-0.1, -0.05) is 29.8 Å². The van der Waals surface area contributed by atoms with E-state index >= 15 is 0 Å².